The van der Waals surface area contributed by atoms with Gasteiger partial charge in [-0.05, 0) is 17.7 Å². The number of thioether (sulfide) groups is 1. The van der Waals surface area contributed by atoms with Crippen molar-refractivity contribution in [1.82, 2.24) is 9.55 Å². The summed E-state index contributed by atoms with van der Waals surface area (Å²) in [5, 5.41) is 10.7. The van der Waals surface area contributed by atoms with Crippen LogP contribution in [-0.2, 0) is 17.9 Å². The Labute approximate surface area is 125 Å². The lowest BCUT2D eigenvalue weighted by atomic mass is 10.2. The van der Waals surface area contributed by atoms with E-state index < -0.39 is 5.91 Å². The summed E-state index contributed by atoms with van der Waals surface area (Å²) in [6.45, 7) is 0.436. The van der Waals surface area contributed by atoms with Crippen molar-refractivity contribution >= 4 is 29.3 Å². The van der Waals surface area contributed by atoms with E-state index in [0.29, 0.717) is 22.4 Å². The Balaban J connectivity index is 2.21. The van der Waals surface area contributed by atoms with Gasteiger partial charge in [-0.15, -0.1) is 0 Å². The van der Waals surface area contributed by atoms with E-state index in [1.807, 2.05) is 28.8 Å². The summed E-state index contributed by atoms with van der Waals surface area (Å²) in [4.78, 5) is 15.1. The van der Waals surface area contributed by atoms with Gasteiger partial charge in [0.2, 0.25) is 5.91 Å². The van der Waals surface area contributed by atoms with Crippen LogP contribution in [0.3, 0.4) is 0 Å². The van der Waals surface area contributed by atoms with Crippen LogP contribution >= 0.6 is 23.4 Å². The first-order valence-corrected chi connectivity index (χ1v) is 7.27. The third kappa shape index (κ3) is 3.75. The predicted octanol–water partition coefficient (Wildman–Crippen LogP) is 1.65. The monoisotopic (exact) mass is 311 g/mol. The van der Waals surface area contributed by atoms with Gasteiger partial charge in [0.25, 0.3) is 0 Å². The molecule has 7 heteroatoms. The lowest BCUT2D eigenvalue weighted by molar-refractivity contribution is -0.115. The van der Waals surface area contributed by atoms with Gasteiger partial charge in [-0.25, -0.2) is 4.98 Å². The van der Waals surface area contributed by atoms with Crippen LogP contribution in [0.1, 0.15) is 11.3 Å². The number of nitrogens with zero attached hydrogens (tertiary/aromatic N) is 2. The Hall–Kier alpha value is -1.50. The van der Waals surface area contributed by atoms with Crippen molar-refractivity contribution in [1.29, 1.82) is 0 Å². The lowest BCUT2D eigenvalue weighted by Crippen LogP contribution is -2.14. The van der Waals surface area contributed by atoms with Crippen molar-refractivity contribution in [3.8, 4) is 0 Å². The molecule has 5 nitrogen and oxygen atoms in total. The molecule has 0 fully saturated rings. The topological polar surface area (TPSA) is 81.1 Å². The van der Waals surface area contributed by atoms with Crippen molar-refractivity contribution < 1.29 is 9.90 Å². The van der Waals surface area contributed by atoms with Crippen LogP contribution in [-0.4, -0.2) is 26.3 Å². The third-order valence-electron chi connectivity index (χ3n) is 2.66. The SMILES string of the molecule is NC(=O)CSc1ncc(CO)n1Cc1ccc(Cl)cc1. The van der Waals surface area contributed by atoms with Crippen molar-refractivity contribution in [2.45, 2.75) is 18.3 Å². The molecule has 0 aliphatic rings. The average Bonchev–Trinajstić information content (AvgIpc) is 2.81. The van der Waals surface area contributed by atoms with Crippen LogP contribution < -0.4 is 5.73 Å². The quantitative estimate of drug-likeness (QED) is 0.795. The maximum absolute atomic E-state index is 10.9. The molecule has 2 rings (SSSR count). The first-order chi connectivity index (χ1) is 9.60. The molecule has 0 atom stereocenters. The number of benzene rings is 1. The van der Waals surface area contributed by atoms with E-state index >= 15 is 0 Å². The van der Waals surface area contributed by atoms with Crippen LogP contribution in [0.2, 0.25) is 5.02 Å². The largest absolute Gasteiger partial charge is 0.390 e. The molecule has 0 aliphatic heterocycles. The number of imidazole rings is 1. The fourth-order valence-corrected chi connectivity index (χ4v) is 2.57. The van der Waals surface area contributed by atoms with Gasteiger partial charge in [0.1, 0.15) is 0 Å². The number of nitrogens with two attached hydrogens (primary N) is 1. The van der Waals surface area contributed by atoms with E-state index in [2.05, 4.69) is 4.98 Å². The fraction of sp³-hybridized carbons (Fsp3) is 0.231. The molecule has 1 amide bonds. The lowest BCUT2D eigenvalue weighted by Gasteiger charge is -2.10. The molecule has 106 valence electrons. The summed E-state index contributed by atoms with van der Waals surface area (Å²) in [6, 6.07) is 7.43. The number of primary amides is 1. The smallest absolute Gasteiger partial charge is 0.227 e. The minimum absolute atomic E-state index is 0.113. The summed E-state index contributed by atoms with van der Waals surface area (Å²) in [7, 11) is 0. The first-order valence-electron chi connectivity index (χ1n) is 5.91. The Bertz CT molecular complexity index is 598. The van der Waals surface area contributed by atoms with Crippen LogP contribution in [0.25, 0.3) is 0 Å². The van der Waals surface area contributed by atoms with Crippen LogP contribution in [0, 0.1) is 0 Å². The highest BCUT2D eigenvalue weighted by Crippen LogP contribution is 2.20. The molecule has 1 aromatic heterocycles. The number of amides is 1. The molecule has 0 bridgehead atoms. The minimum Gasteiger partial charge on any atom is -0.390 e. The van der Waals surface area contributed by atoms with Crippen molar-refractivity contribution in [2.24, 2.45) is 5.73 Å². The highest BCUT2D eigenvalue weighted by Gasteiger charge is 2.11. The molecule has 0 spiro atoms. The number of carbonyl (C=O) groups is 1. The number of halogens is 1. The Morgan fingerprint density at radius 1 is 1.40 bits per heavy atom. The number of carbonyl (C=O) groups excluding carboxylic acids is 1. The molecule has 0 unspecified atom stereocenters. The third-order valence-corrected chi connectivity index (χ3v) is 3.93. The van der Waals surface area contributed by atoms with Gasteiger partial charge in [0, 0.05) is 11.6 Å². The summed E-state index contributed by atoms with van der Waals surface area (Å²) in [5.74, 6) is -0.246. The van der Waals surface area contributed by atoms with Crippen molar-refractivity contribution in [2.75, 3.05) is 5.75 Å². The molecular formula is C13H14ClN3O2S. The maximum Gasteiger partial charge on any atom is 0.227 e. The molecule has 0 aliphatic carbocycles. The Morgan fingerprint density at radius 3 is 2.70 bits per heavy atom. The zero-order chi connectivity index (χ0) is 14.5. The summed E-state index contributed by atoms with van der Waals surface area (Å²) in [6.07, 6.45) is 1.60. The van der Waals surface area contributed by atoms with E-state index in [0.717, 1.165) is 5.56 Å². The molecule has 3 N–H and O–H groups in total. The van der Waals surface area contributed by atoms with Crippen LogP contribution in [0.5, 0.6) is 0 Å². The van der Waals surface area contributed by atoms with Crippen LogP contribution in [0.4, 0.5) is 0 Å². The molecule has 1 heterocycles. The predicted molar refractivity (Wildman–Crippen MR) is 78.6 cm³/mol. The summed E-state index contributed by atoms with van der Waals surface area (Å²) < 4.78 is 1.86. The number of aliphatic hydroxyl groups is 1. The summed E-state index contributed by atoms with van der Waals surface area (Å²) >= 11 is 7.11. The zero-order valence-electron chi connectivity index (χ0n) is 10.6. The maximum atomic E-state index is 10.9. The Morgan fingerprint density at radius 2 is 2.10 bits per heavy atom. The second-order valence-corrected chi connectivity index (χ2v) is 5.54. The second-order valence-electron chi connectivity index (χ2n) is 4.16. The number of hydrogen-bond acceptors (Lipinski definition) is 4. The van der Waals surface area contributed by atoms with E-state index in [-0.39, 0.29) is 12.4 Å². The van der Waals surface area contributed by atoms with E-state index in [1.165, 1.54) is 11.8 Å². The van der Waals surface area contributed by atoms with Gasteiger partial charge < -0.3 is 15.4 Å². The number of rotatable bonds is 6. The van der Waals surface area contributed by atoms with Gasteiger partial charge in [0.15, 0.2) is 5.16 Å². The van der Waals surface area contributed by atoms with Gasteiger partial charge in [-0.1, -0.05) is 35.5 Å². The summed E-state index contributed by atoms with van der Waals surface area (Å²) in [5.41, 5.74) is 6.86. The number of hydrogen-bond donors (Lipinski definition) is 2. The van der Waals surface area contributed by atoms with E-state index in [1.54, 1.807) is 6.20 Å². The minimum atomic E-state index is -0.401. The molecule has 0 saturated heterocycles. The van der Waals surface area contributed by atoms with Crippen LogP contribution in [0.15, 0.2) is 35.6 Å². The van der Waals surface area contributed by atoms with Crippen molar-refractivity contribution in [3.05, 3.63) is 46.7 Å². The van der Waals surface area contributed by atoms with E-state index in [4.69, 9.17) is 17.3 Å². The van der Waals surface area contributed by atoms with Gasteiger partial charge >= 0.3 is 0 Å². The average molecular weight is 312 g/mol. The Kier molecular flexibility index (Phi) is 5.05. The highest BCUT2D eigenvalue weighted by molar-refractivity contribution is 7.99. The van der Waals surface area contributed by atoms with Gasteiger partial charge in [-0.3, -0.25) is 4.79 Å². The standard InChI is InChI=1S/C13H14ClN3O2S/c14-10-3-1-9(2-4-10)6-17-11(7-18)5-16-13(17)20-8-12(15)19/h1-5,18H,6-8H2,(H2,15,19). The van der Waals surface area contributed by atoms with E-state index in [9.17, 15) is 9.90 Å². The second kappa shape index (κ2) is 6.78. The highest BCUT2D eigenvalue weighted by atomic mass is 35.5. The van der Waals surface area contributed by atoms with Gasteiger partial charge in [-0.2, -0.15) is 0 Å². The molecule has 1 aromatic carbocycles. The normalized spacial score (nSPS) is 10.7. The molecule has 0 saturated carbocycles. The van der Waals surface area contributed by atoms with Crippen molar-refractivity contribution in [3.63, 3.8) is 0 Å². The molecule has 0 radical (unpaired) electrons. The first kappa shape index (κ1) is 14.9. The number of aromatic nitrogens is 2. The fourth-order valence-electron chi connectivity index (χ4n) is 1.71. The molecule has 2 aromatic rings. The number of aliphatic hydroxyl groups excluding tert-OH is 1. The van der Waals surface area contributed by atoms with Gasteiger partial charge in [0.05, 0.1) is 24.3 Å². The molecular weight excluding hydrogens is 298 g/mol. The zero-order valence-corrected chi connectivity index (χ0v) is 12.2. The molecule has 20 heavy (non-hydrogen) atoms.